The lowest BCUT2D eigenvalue weighted by Gasteiger charge is -2.24. The Balaban J connectivity index is 2.01. The minimum absolute atomic E-state index is 0.0275. The van der Waals surface area contributed by atoms with Crippen LogP contribution in [0.1, 0.15) is 16.5 Å². The standard InChI is InChI=1S/C16H13F2NOS/c1-10-3-2-4-12(7-10)19-15(20)9-21-16(19)11-5-6-13(17)14(18)8-11/h2-8,16H,9H2,1H3/t16-/m0/s1. The second-order valence-corrected chi connectivity index (χ2v) is 6.01. The van der Waals surface area contributed by atoms with E-state index in [-0.39, 0.29) is 11.3 Å². The van der Waals surface area contributed by atoms with E-state index in [0.29, 0.717) is 11.3 Å². The molecule has 1 amide bonds. The zero-order valence-corrected chi connectivity index (χ0v) is 12.2. The highest BCUT2D eigenvalue weighted by molar-refractivity contribution is 8.00. The Morgan fingerprint density at radius 2 is 1.95 bits per heavy atom. The van der Waals surface area contributed by atoms with E-state index < -0.39 is 11.6 Å². The number of nitrogens with zero attached hydrogens (tertiary/aromatic N) is 1. The number of benzene rings is 2. The van der Waals surface area contributed by atoms with E-state index in [0.717, 1.165) is 23.4 Å². The molecule has 0 saturated carbocycles. The van der Waals surface area contributed by atoms with E-state index in [2.05, 4.69) is 0 Å². The van der Waals surface area contributed by atoms with Crippen LogP contribution in [0.3, 0.4) is 0 Å². The zero-order valence-electron chi connectivity index (χ0n) is 11.3. The van der Waals surface area contributed by atoms with E-state index in [1.165, 1.54) is 17.8 Å². The number of anilines is 1. The lowest BCUT2D eigenvalue weighted by molar-refractivity contribution is -0.115. The molecule has 0 radical (unpaired) electrons. The van der Waals surface area contributed by atoms with Crippen molar-refractivity contribution < 1.29 is 13.6 Å². The summed E-state index contributed by atoms with van der Waals surface area (Å²) >= 11 is 1.41. The van der Waals surface area contributed by atoms with Gasteiger partial charge >= 0.3 is 0 Å². The summed E-state index contributed by atoms with van der Waals surface area (Å²) < 4.78 is 26.5. The third-order valence-corrected chi connectivity index (χ3v) is 4.59. The van der Waals surface area contributed by atoms with Gasteiger partial charge in [0, 0.05) is 5.69 Å². The molecule has 1 aliphatic heterocycles. The number of hydrogen-bond donors (Lipinski definition) is 0. The minimum atomic E-state index is -0.892. The molecule has 0 bridgehead atoms. The molecule has 5 heteroatoms. The van der Waals surface area contributed by atoms with E-state index in [1.807, 2.05) is 31.2 Å². The Morgan fingerprint density at radius 3 is 2.67 bits per heavy atom. The van der Waals surface area contributed by atoms with Gasteiger partial charge in [-0.25, -0.2) is 8.78 Å². The topological polar surface area (TPSA) is 20.3 Å². The van der Waals surface area contributed by atoms with Gasteiger partial charge in [0.1, 0.15) is 5.37 Å². The molecule has 108 valence electrons. The third-order valence-electron chi connectivity index (χ3n) is 3.38. The second-order valence-electron chi connectivity index (χ2n) is 4.94. The van der Waals surface area contributed by atoms with Gasteiger partial charge in [0.15, 0.2) is 11.6 Å². The van der Waals surface area contributed by atoms with Gasteiger partial charge in [0.2, 0.25) is 5.91 Å². The highest BCUT2D eigenvalue weighted by Crippen LogP contribution is 2.42. The van der Waals surface area contributed by atoms with Crippen molar-refractivity contribution >= 4 is 23.4 Å². The summed E-state index contributed by atoms with van der Waals surface area (Å²) in [4.78, 5) is 13.8. The number of carbonyl (C=O) groups is 1. The maximum absolute atomic E-state index is 13.4. The van der Waals surface area contributed by atoms with Crippen molar-refractivity contribution in [3.8, 4) is 0 Å². The Kier molecular flexibility index (Phi) is 3.68. The number of amides is 1. The summed E-state index contributed by atoms with van der Waals surface area (Å²) in [7, 11) is 0. The van der Waals surface area contributed by atoms with E-state index in [4.69, 9.17) is 0 Å². The van der Waals surface area contributed by atoms with Gasteiger partial charge in [-0.15, -0.1) is 11.8 Å². The van der Waals surface area contributed by atoms with Crippen LogP contribution >= 0.6 is 11.8 Å². The molecule has 1 saturated heterocycles. The van der Waals surface area contributed by atoms with Crippen LogP contribution in [0.4, 0.5) is 14.5 Å². The van der Waals surface area contributed by atoms with Crippen LogP contribution in [0.2, 0.25) is 0 Å². The average molecular weight is 305 g/mol. The second kappa shape index (κ2) is 5.48. The smallest absolute Gasteiger partial charge is 0.238 e. The predicted octanol–water partition coefficient (Wildman–Crippen LogP) is 4.05. The number of aryl methyl sites for hydroxylation is 1. The molecule has 21 heavy (non-hydrogen) atoms. The van der Waals surface area contributed by atoms with Gasteiger partial charge in [-0.3, -0.25) is 9.69 Å². The fourth-order valence-electron chi connectivity index (χ4n) is 2.39. The fourth-order valence-corrected chi connectivity index (χ4v) is 3.56. The van der Waals surface area contributed by atoms with Gasteiger partial charge in [-0.2, -0.15) is 0 Å². The fraction of sp³-hybridized carbons (Fsp3) is 0.188. The maximum atomic E-state index is 13.4. The van der Waals surface area contributed by atoms with Crippen LogP contribution in [0, 0.1) is 18.6 Å². The van der Waals surface area contributed by atoms with Crippen molar-refractivity contribution in [1.82, 2.24) is 0 Å². The summed E-state index contributed by atoms with van der Waals surface area (Å²) in [6, 6.07) is 11.4. The van der Waals surface area contributed by atoms with Crippen molar-refractivity contribution in [2.45, 2.75) is 12.3 Å². The molecule has 0 N–H and O–H groups in total. The van der Waals surface area contributed by atoms with Crippen LogP contribution in [0.5, 0.6) is 0 Å². The zero-order chi connectivity index (χ0) is 15.0. The van der Waals surface area contributed by atoms with E-state index in [1.54, 1.807) is 4.90 Å². The molecule has 2 nitrogen and oxygen atoms in total. The molecular formula is C16H13F2NOS. The molecule has 2 aromatic carbocycles. The van der Waals surface area contributed by atoms with Crippen LogP contribution < -0.4 is 4.90 Å². The molecule has 2 aromatic rings. The molecule has 1 fully saturated rings. The quantitative estimate of drug-likeness (QED) is 0.834. The molecular weight excluding hydrogens is 292 g/mol. The molecule has 0 unspecified atom stereocenters. The molecule has 1 aliphatic rings. The Bertz CT molecular complexity index is 704. The highest BCUT2D eigenvalue weighted by Gasteiger charge is 2.34. The highest BCUT2D eigenvalue weighted by atomic mass is 32.2. The van der Waals surface area contributed by atoms with Crippen molar-refractivity contribution in [2.24, 2.45) is 0 Å². The Morgan fingerprint density at radius 1 is 1.14 bits per heavy atom. The van der Waals surface area contributed by atoms with Gasteiger partial charge < -0.3 is 0 Å². The Labute approximate surface area is 125 Å². The molecule has 0 spiro atoms. The molecule has 0 aliphatic carbocycles. The first-order valence-electron chi connectivity index (χ1n) is 6.51. The first-order chi connectivity index (χ1) is 10.1. The number of rotatable bonds is 2. The van der Waals surface area contributed by atoms with Crippen molar-refractivity contribution in [3.05, 3.63) is 65.2 Å². The summed E-state index contributed by atoms with van der Waals surface area (Å²) in [5, 5.41) is -0.325. The lowest BCUT2D eigenvalue weighted by atomic mass is 10.1. The minimum Gasteiger partial charge on any atom is -0.295 e. The van der Waals surface area contributed by atoms with Gasteiger partial charge in [0.05, 0.1) is 5.75 Å². The molecule has 0 aromatic heterocycles. The number of halogens is 2. The van der Waals surface area contributed by atoms with Crippen LogP contribution in [-0.2, 0) is 4.79 Å². The number of hydrogen-bond acceptors (Lipinski definition) is 2. The Hall–Kier alpha value is -1.88. The van der Waals surface area contributed by atoms with Gasteiger partial charge in [0.25, 0.3) is 0 Å². The number of thioether (sulfide) groups is 1. The van der Waals surface area contributed by atoms with E-state index >= 15 is 0 Å². The average Bonchev–Trinajstić information content (AvgIpc) is 2.84. The number of carbonyl (C=O) groups excluding carboxylic acids is 1. The predicted molar refractivity (Wildman–Crippen MR) is 80.2 cm³/mol. The molecule has 3 rings (SSSR count). The summed E-state index contributed by atoms with van der Waals surface area (Å²) in [6.45, 7) is 1.95. The normalized spacial score (nSPS) is 18.3. The van der Waals surface area contributed by atoms with Gasteiger partial charge in [-0.05, 0) is 42.3 Å². The van der Waals surface area contributed by atoms with E-state index in [9.17, 15) is 13.6 Å². The molecule has 1 heterocycles. The van der Waals surface area contributed by atoms with Crippen LogP contribution in [0.15, 0.2) is 42.5 Å². The summed E-state index contributed by atoms with van der Waals surface area (Å²) in [5.74, 6) is -1.47. The summed E-state index contributed by atoms with van der Waals surface area (Å²) in [5.41, 5.74) is 2.41. The van der Waals surface area contributed by atoms with Crippen molar-refractivity contribution in [3.63, 3.8) is 0 Å². The largest absolute Gasteiger partial charge is 0.295 e. The maximum Gasteiger partial charge on any atom is 0.238 e. The van der Waals surface area contributed by atoms with Crippen LogP contribution in [-0.4, -0.2) is 11.7 Å². The van der Waals surface area contributed by atoms with Gasteiger partial charge in [-0.1, -0.05) is 18.2 Å². The first-order valence-corrected chi connectivity index (χ1v) is 7.56. The summed E-state index contributed by atoms with van der Waals surface area (Å²) in [6.07, 6.45) is 0. The monoisotopic (exact) mass is 305 g/mol. The van der Waals surface area contributed by atoms with Crippen molar-refractivity contribution in [1.29, 1.82) is 0 Å². The molecule has 1 atom stereocenters. The lowest BCUT2D eigenvalue weighted by Crippen LogP contribution is -2.27. The third kappa shape index (κ3) is 2.65. The van der Waals surface area contributed by atoms with Crippen LogP contribution in [0.25, 0.3) is 0 Å². The SMILES string of the molecule is Cc1cccc(N2C(=O)CS[C@H]2c2ccc(F)c(F)c2)c1. The van der Waals surface area contributed by atoms with Crippen molar-refractivity contribution in [2.75, 3.05) is 10.7 Å². The first kappa shape index (κ1) is 14.1.